The fourth-order valence-corrected chi connectivity index (χ4v) is 2.64. The van der Waals surface area contributed by atoms with E-state index in [4.69, 9.17) is 4.74 Å². The molecule has 1 aliphatic heterocycles. The van der Waals surface area contributed by atoms with E-state index >= 15 is 0 Å². The first kappa shape index (κ1) is 10.6. The molecule has 0 spiro atoms. The summed E-state index contributed by atoms with van der Waals surface area (Å²) in [4.78, 5) is 5.56. The first-order valence-electron chi connectivity index (χ1n) is 5.29. The molecule has 0 bridgehead atoms. The molecular formula is C11H16N2OS. The first-order valence-corrected chi connectivity index (χ1v) is 6.17. The van der Waals surface area contributed by atoms with Crippen LogP contribution in [0.1, 0.15) is 30.0 Å². The molecule has 1 aromatic rings. The SMILES string of the molecule is CCNC(C1=CCCO1)c1scnc1C. The number of nitrogens with zero attached hydrogens (tertiary/aromatic N) is 1. The quantitative estimate of drug-likeness (QED) is 0.852. The van der Waals surface area contributed by atoms with E-state index in [1.165, 1.54) is 4.88 Å². The first-order chi connectivity index (χ1) is 7.33. The Morgan fingerprint density at radius 1 is 1.67 bits per heavy atom. The maximum Gasteiger partial charge on any atom is 0.114 e. The lowest BCUT2D eigenvalue weighted by atomic mass is 10.1. The van der Waals surface area contributed by atoms with Gasteiger partial charge in [0.15, 0.2) is 0 Å². The highest BCUT2D eigenvalue weighted by atomic mass is 32.1. The van der Waals surface area contributed by atoms with Gasteiger partial charge in [0.2, 0.25) is 0 Å². The van der Waals surface area contributed by atoms with Crippen molar-refractivity contribution in [1.82, 2.24) is 10.3 Å². The van der Waals surface area contributed by atoms with E-state index in [0.717, 1.165) is 31.0 Å². The highest BCUT2D eigenvalue weighted by Crippen LogP contribution is 2.30. The summed E-state index contributed by atoms with van der Waals surface area (Å²) in [6, 6.07) is 0.199. The van der Waals surface area contributed by atoms with Crippen molar-refractivity contribution in [2.75, 3.05) is 13.2 Å². The molecule has 0 saturated carbocycles. The van der Waals surface area contributed by atoms with Gasteiger partial charge in [0.1, 0.15) is 11.8 Å². The minimum absolute atomic E-state index is 0.199. The molecule has 0 amide bonds. The third-order valence-corrected chi connectivity index (χ3v) is 3.47. The normalized spacial score (nSPS) is 17.3. The summed E-state index contributed by atoms with van der Waals surface area (Å²) in [7, 11) is 0. The summed E-state index contributed by atoms with van der Waals surface area (Å²) in [6.07, 6.45) is 3.20. The maximum atomic E-state index is 5.62. The van der Waals surface area contributed by atoms with Crippen molar-refractivity contribution >= 4 is 11.3 Å². The second kappa shape index (κ2) is 4.77. The number of hydrogen-bond donors (Lipinski definition) is 1. The van der Waals surface area contributed by atoms with E-state index in [2.05, 4.69) is 23.3 Å². The zero-order valence-electron chi connectivity index (χ0n) is 9.12. The third-order valence-electron chi connectivity index (χ3n) is 2.47. The maximum absolute atomic E-state index is 5.62. The molecule has 1 N–H and O–H groups in total. The van der Waals surface area contributed by atoms with Crippen LogP contribution in [0, 0.1) is 6.92 Å². The van der Waals surface area contributed by atoms with Crippen molar-refractivity contribution in [3.05, 3.63) is 27.9 Å². The lowest BCUT2D eigenvalue weighted by molar-refractivity contribution is 0.216. The molecule has 4 heteroatoms. The number of aryl methyl sites for hydroxylation is 1. The van der Waals surface area contributed by atoms with Gasteiger partial charge in [-0.05, 0) is 19.5 Å². The number of thiazole rings is 1. The summed E-state index contributed by atoms with van der Waals surface area (Å²) >= 11 is 1.69. The van der Waals surface area contributed by atoms with Gasteiger partial charge in [0.25, 0.3) is 0 Å². The van der Waals surface area contributed by atoms with E-state index in [1.807, 2.05) is 12.4 Å². The Bertz CT molecular complexity index is 359. The van der Waals surface area contributed by atoms with Crippen LogP contribution in [0.5, 0.6) is 0 Å². The third kappa shape index (κ3) is 2.21. The summed E-state index contributed by atoms with van der Waals surface area (Å²) < 4.78 is 5.62. The standard InChI is InChI=1S/C11H16N2OS/c1-3-12-10(9-5-4-6-14-9)11-8(2)13-7-15-11/h5,7,10,12H,3-4,6H2,1-2H3. The zero-order chi connectivity index (χ0) is 10.7. The van der Waals surface area contributed by atoms with Crippen LogP contribution in [0.2, 0.25) is 0 Å². The summed E-state index contributed by atoms with van der Waals surface area (Å²) in [5, 5.41) is 3.44. The van der Waals surface area contributed by atoms with E-state index in [-0.39, 0.29) is 6.04 Å². The summed E-state index contributed by atoms with van der Waals surface area (Å²) in [5.41, 5.74) is 2.99. The highest BCUT2D eigenvalue weighted by molar-refractivity contribution is 7.09. The number of nitrogens with one attached hydrogen (secondary N) is 1. The van der Waals surface area contributed by atoms with Crippen LogP contribution in [0.3, 0.4) is 0 Å². The lowest BCUT2D eigenvalue weighted by Crippen LogP contribution is -2.22. The van der Waals surface area contributed by atoms with Crippen LogP contribution in [0.25, 0.3) is 0 Å². The molecule has 0 radical (unpaired) electrons. The fourth-order valence-electron chi connectivity index (χ4n) is 1.75. The Labute approximate surface area is 94.2 Å². The molecule has 1 atom stereocenters. The molecule has 1 unspecified atom stereocenters. The van der Waals surface area contributed by atoms with Crippen molar-refractivity contribution in [3.8, 4) is 0 Å². The van der Waals surface area contributed by atoms with Crippen LogP contribution in [-0.4, -0.2) is 18.1 Å². The molecular weight excluding hydrogens is 208 g/mol. The molecule has 0 aliphatic carbocycles. The van der Waals surface area contributed by atoms with Gasteiger partial charge in [0, 0.05) is 6.42 Å². The van der Waals surface area contributed by atoms with Crippen LogP contribution < -0.4 is 5.32 Å². The average molecular weight is 224 g/mol. The Balaban J connectivity index is 2.23. The Morgan fingerprint density at radius 3 is 3.07 bits per heavy atom. The number of rotatable bonds is 4. The molecule has 15 heavy (non-hydrogen) atoms. The molecule has 1 aliphatic rings. The number of ether oxygens (including phenoxy) is 1. The van der Waals surface area contributed by atoms with Crippen molar-refractivity contribution in [3.63, 3.8) is 0 Å². The average Bonchev–Trinajstić information content (AvgIpc) is 2.85. The van der Waals surface area contributed by atoms with Crippen molar-refractivity contribution in [1.29, 1.82) is 0 Å². The number of aromatic nitrogens is 1. The molecule has 1 aromatic heterocycles. The molecule has 0 fully saturated rings. The molecule has 2 heterocycles. The van der Waals surface area contributed by atoms with Crippen LogP contribution in [0.15, 0.2) is 17.3 Å². The monoisotopic (exact) mass is 224 g/mol. The lowest BCUT2D eigenvalue weighted by Gasteiger charge is -2.18. The second-order valence-corrected chi connectivity index (χ2v) is 4.42. The minimum atomic E-state index is 0.199. The molecule has 2 rings (SSSR count). The number of likely N-dealkylation sites (N-methyl/N-ethyl adjacent to an activating group) is 1. The summed E-state index contributed by atoms with van der Waals surface area (Å²) in [6.45, 7) is 5.91. The molecule has 82 valence electrons. The summed E-state index contributed by atoms with van der Waals surface area (Å²) in [5.74, 6) is 1.06. The van der Waals surface area contributed by atoms with Crippen LogP contribution in [0.4, 0.5) is 0 Å². The molecule has 0 aromatic carbocycles. The Kier molecular flexibility index (Phi) is 3.38. The van der Waals surface area contributed by atoms with Crippen LogP contribution >= 0.6 is 11.3 Å². The van der Waals surface area contributed by atoms with Gasteiger partial charge in [0.05, 0.1) is 22.7 Å². The predicted molar refractivity (Wildman–Crippen MR) is 61.9 cm³/mol. The Morgan fingerprint density at radius 2 is 2.53 bits per heavy atom. The van der Waals surface area contributed by atoms with E-state index < -0.39 is 0 Å². The smallest absolute Gasteiger partial charge is 0.114 e. The largest absolute Gasteiger partial charge is 0.496 e. The zero-order valence-corrected chi connectivity index (χ0v) is 9.93. The predicted octanol–water partition coefficient (Wildman–Crippen LogP) is 2.41. The van der Waals surface area contributed by atoms with Crippen molar-refractivity contribution in [2.45, 2.75) is 26.3 Å². The topological polar surface area (TPSA) is 34.1 Å². The van der Waals surface area contributed by atoms with Gasteiger partial charge in [-0.2, -0.15) is 0 Å². The van der Waals surface area contributed by atoms with Gasteiger partial charge < -0.3 is 10.1 Å². The van der Waals surface area contributed by atoms with E-state index in [0.29, 0.717) is 0 Å². The number of hydrogen-bond acceptors (Lipinski definition) is 4. The van der Waals surface area contributed by atoms with Gasteiger partial charge in [-0.25, -0.2) is 4.98 Å². The molecule has 3 nitrogen and oxygen atoms in total. The highest BCUT2D eigenvalue weighted by Gasteiger charge is 2.22. The van der Waals surface area contributed by atoms with Gasteiger partial charge in [-0.3, -0.25) is 0 Å². The fraction of sp³-hybridized carbons (Fsp3) is 0.545. The minimum Gasteiger partial charge on any atom is -0.496 e. The van der Waals surface area contributed by atoms with Gasteiger partial charge in [-0.1, -0.05) is 6.92 Å². The van der Waals surface area contributed by atoms with Gasteiger partial charge in [-0.15, -0.1) is 11.3 Å². The van der Waals surface area contributed by atoms with E-state index in [1.54, 1.807) is 11.3 Å². The van der Waals surface area contributed by atoms with E-state index in [9.17, 15) is 0 Å². The Hall–Kier alpha value is -0.870. The van der Waals surface area contributed by atoms with Crippen LogP contribution in [-0.2, 0) is 4.74 Å². The van der Waals surface area contributed by atoms with Crippen molar-refractivity contribution < 1.29 is 4.74 Å². The molecule has 0 saturated heterocycles. The van der Waals surface area contributed by atoms with Crippen molar-refractivity contribution in [2.24, 2.45) is 0 Å². The van der Waals surface area contributed by atoms with Gasteiger partial charge >= 0.3 is 0 Å². The second-order valence-electron chi connectivity index (χ2n) is 3.54.